The number of aliphatic imine (C=N–C) groups is 1. The molecular formula is C16H29F3N4O3S. The fraction of sp³-hybridized carbons (Fsp3) is 0.938. The minimum absolute atomic E-state index is 0.117. The maximum Gasteiger partial charge on any atom is 0.511 e. The van der Waals surface area contributed by atoms with Gasteiger partial charge in [0.2, 0.25) is 0 Å². The van der Waals surface area contributed by atoms with Crippen molar-refractivity contribution in [1.29, 1.82) is 0 Å². The summed E-state index contributed by atoms with van der Waals surface area (Å²) in [6, 6.07) is -0.117. The Balaban J connectivity index is 1.73. The molecule has 0 bridgehead atoms. The molecule has 0 amide bonds. The number of sulfonamides is 1. The smallest absolute Gasteiger partial charge is 0.381 e. The Kier molecular flexibility index (Phi) is 8.17. The number of hydrogen-bond donors (Lipinski definition) is 2. The summed E-state index contributed by atoms with van der Waals surface area (Å²) in [5, 5.41) is 6.28. The molecule has 1 aliphatic carbocycles. The third kappa shape index (κ3) is 7.11. The maximum absolute atomic E-state index is 12.6. The van der Waals surface area contributed by atoms with Crippen molar-refractivity contribution < 1.29 is 26.3 Å². The number of rotatable bonds is 9. The summed E-state index contributed by atoms with van der Waals surface area (Å²) < 4.78 is 66.8. The van der Waals surface area contributed by atoms with Crippen LogP contribution in [0.4, 0.5) is 13.2 Å². The molecular weight excluding hydrogens is 385 g/mol. The van der Waals surface area contributed by atoms with Gasteiger partial charge < -0.3 is 15.4 Å². The van der Waals surface area contributed by atoms with Gasteiger partial charge in [0.25, 0.3) is 0 Å². The Labute approximate surface area is 158 Å². The van der Waals surface area contributed by atoms with E-state index in [2.05, 4.69) is 15.6 Å². The maximum atomic E-state index is 12.6. The molecule has 0 atom stereocenters. The van der Waals surface area contributed by atoms with Gasteiger partial charge in [0.15, 0.2) is 5.96 Å². The number of piperidine rings is 1. The number of halogens is 3. The fourth-order valence-corrected chi connectivity index (χ4v) is 3.78. The topological polar surface area (TPSA) is 83.0 Å². The van der Waals surface area contributed by atoms with Crippen molar-refractivity contribution in [3.05, 3.63) is 0 Å². The van der Waals surface area contributed by atoms with Gasteiger partial charge in [-0.3, -0.25) is 4.99 Å². The van der Waals surface area contributed by atoms with Crippen LogP contribution in [0.25, 0.3) is 0 Å². The van der Waals surface area contributed by atoms with E-state index >= 15 is 0 Å². The number of alkyl halides is 3. The summed E-state index contributed by atoms with van der Waals surface area (Å²) in [7, 11) is -5.24. The van der Waals surface area contributed by atoms with E-state index in [1.807, 2.05) is 6.92 Å². The Hall–Kier alpha value is -1.07. The van der Waals surface area contributed by atoms with Crippen molar-refractivity contribution in [2.75, 3.05) is 39.4 Å². The second kappa shape index (κ2) is 9.92. The van der Waals surface area contributed by atoms with Crippen molar-refractivity contribution in [1.82, 2.24) is 14.9 Å². The van der Waals surface area contributed by atoms with Crippen LogP contribution < -0.4 is 10.6 Å². The lowest BCUT2D eigenvalue weighted by atomic mass is 10.1. The highest BCUT2D eigenvalue weighted by Gasteiger charge is 2.50. The SMILES string of the molecule is CCNC(=NCCCOCC1CC1)NC1CCN(S(=O)(=O)C(F)(F)F)CC1. The molecule has 1 saturated carbocycles. The van der Waals surface area contributed by atoms with E-state index in [1.54, 1.807) is 0 Å². The lowest BCUT2D eigenvalue weighted by Gasteiger charge is -2.32. The molecule has 1 heterocycles. The van der Waals surface area contributed by atoms with Crippen molar-refractivity contribution >= 4 is 16.0 Å². The molecule has 0 spiro atoms. The Bertz CT molecular complexity index is 586. The van der Waals surface area contributed by atoms with Gasteiger partial charge in [0.1, 0.15) is 0 Å². The van der Waals surface area contributed by atoms with Gasteiger partial charge >= 0.3 is 15.5 Å². The molecule has 0 unspecified atom stereocenters. The predicted molar refractivity (Wildman–Crippen MR) is 96.8 cm³/mol. The van der Waals surface area contributed by atoms with Gasteiger partial charge in [-0.05, 0) is 44.9 Å². The molecule has 2 aliphatic rings. The molecule has 7 nitrogen and oxygen atoms in total. The summed E-state index contributed by atoms with van der Waals surface area (Å²) >= 11 is 0. The third-order valence-corrected chi connectivity index (χ3v) is 6.17. The quantitative estimate of drug-likeness (QED) is 0.341. The first kappa shape index (κ1) is 22.2. The normalized spacial score (nSPS) is 20.7. The van der Waals surface area contributed by atoms with Gasteiger partial charge in [0.05, 0.1) is 0 Å². The number of nitrogens with zero attached hydrogens (tertiary/aromatic N) is 2. The highest BCUT2D eigenvalue weighted by molar-refractivity contribution is 7.90. The van der Waals surface area contributed by atoms with Gasteiger partial charge in [-0.2, -0.15) is 17.5 Å². The Morgan fingerprint density at radius 3 is 2.44 bits per heavy atom. The number of guanidine groups is 1. The second-order valence-electron chi connectivity index (χ2n) is 6.90. The lowest BCUT2D eigenvalue weighted by Crippen LogP contribution is -2.51. The van der Waals surface area contributed by atoms with Crippen LogP contribution in [0.3, 0.4) is 0 Å². The van der Waals surface area contributed by atoms with Crippen LogP contribution in [-0.2, 0) is 14.8 Å². The van der Waals surface area contributed by atoms with Crippen LogP contribution in [-0.4, -0.2) is 69.6 Å². The third-order valence-electron chi connectivity index (χ3n) is 4.54. The standard InChI is InChI=1S/C16H29F3N4O3S/c1-2-20-15(21-8-3-11-26-12-13-4-5-13)22-14-6-9-23(10-7-14)27(24,25)16(17,18)19/h13-14H,2-12H2,1H3,(H2,20,21,22). The highest BCUT2D eigenvalue weighted by atomic mass is 32.2. The van der Waals surface area contributed by atoms with Crippen molar-refractivity contribution in [2.45, 2.75) is 50.6 Å². The average molecular weight is 414 g/mol. The highest BCUT2D eigenvalue weighted by Crippen LogP contribution is 2.29. The summed E-state index contributed by atoms with van der Waals surface area (Å²) in [4.78, 5) is 4.45. The first-order chi connectivity index (χ1) is 12.7. The molecule has 0 radical (unpaired) electrons. The van der Waals surface area contributed by atoms with Gasteiger partial charge in [0, 0.05) is 45.4 Å². The predicted octanol–water partition coefficient (Wildman–Crippen LogP) is 1.67. The zero-order valence-electron chi connectivity index (χ0n) is 15.6. The van der Waals surface area contributed by atoms with Crippen LogP contribution >= 0.6 is 0 Å². The first-order valence-corrected chi connectivity index (χ1v) is 10.9. The summed E-state index contributed by atoms with van der Waals surface area (Å²) in [5.74, 6) is 1.33. The second-order valence-corrected chi connectivity index (χ2v) is 8.83. The first-order valence-electron chi connectivity index (χ1n) is 9.43. The van der Waals surface area contributed by atoms with Crippen LogP contribution in [0.5, 0.6) is 0 Å². The van der Waals surface area contributed by atoms with E-state index in [0.717, 1.165) is 18.9 Å². The van der Waals surface area contributed by atoms with E-state index in [9.17, 15) is 21.6 Å². The average Bonchev–Trinajstić information content (AvgIpc) is 3.42. The monoisotopic (exact) mass is 414 g/mol. The minimum atomic E-state index is -5.24. The molecule has 11 heteroatoms. The molecule has 0 aromatic rings. The van der Waals surface area contributed by atoms with Crippen LogP contribution in [0.1, 0.15) is 39.0 Å². The summed E-state index contributed by atoms with van der Waals surface area (Å²) in [5.41, 5.74) is -5.24. The van der Waals surface area contributed by atoms with Gasteiger partial charge in [-0.1, -0.05) is 0 Å². The largest absolute Gasteiger partial charge is 0.511 e. The molecule has 158 valence electrons. The molecule has 1 aliphatic heterocycles. The number of nitrogens with one attached hydrogen (secondary N) is 2. The Morgan fingerprint density at radius 1 is 1.22 bits per heavy atom. The van der Waals surface area contributed by atoms with E-state index in [-0.39, 0.29) is 19.1 Å². The molecule has 1 saturated heterocycles. The minimum Gasteiger partial charge on any atom is -0.381 e. The van der Waals surface area contributed by atoms with Crippen LogP contribution in [0.15, 0.2) is 4.99 Å². The zero-order valence-corrected chi connectivity index (χ0v) is 16.4. The lowest BCUT2D eigenvalue weighted by molar-refractivity contribution is -0.0494. The van der Waals surface area contributed by atoms with Crippen molar-refractivity contribution in [3.8, 4) is 0 Å². The van der Waals surface area contributed by atoms with E-state index in [1.165, 1.54) is 12.8 Å². The van der Waals surface area contributed by atoms with Gasteiger partial charge in [-0.15, -0.1) is 0 Å². The van der Waals surface area contributed by atoms with Crippen molar-refractivity contribution in [2.24, 2.45) is 10.9 Å². The molecule has 2 N–H and O–H groups in total. The summed E-state index contributed by atoms with van der Waals surface area (Å²) in [6.07, 6.45) is 3.91. The van der Waals surface area contributed by atoms with Gasteiger partial charge in [-0.25, -0.2) is 8.42 Å². The fourth-order valence-electron chi connectivity index (χ4n) is 2.79. The molecule has 27 heavy (non-hydrogen) atoms. The zero-order chi connectivity index (χ0) is 19.9. The number of ether oxygens (including phenoxy) is 1. The van der Waals surface area contributed by atoms with E-state index in [0.29, 0.717) is 42.8 Å². The number of hydrogen-bond acceptors (Lipinski definition) is 4. The molecule has 2 rings (SSSR count). The van der Waals surface area contributed by atoms with E-state index < -0.39 is 15.5 Å². The summed E-state index contributed by atoms with van der Waals surface area (Å²) in [6.45, 7) is 4.33. The van der Waals surface area contributed by atoms with Crippen molar-refractivity contribution in [3.63, 3.8) is 0 Å². The van der Waals surface area contributed by atoms with E-state index in [4.69, 9.17) is 4.74 Å². The van der Waals surface area contributed by atoms with Crippen LogP contribution in [0, 0.1) is 5.92 Å². The molecule has 2 fully saturated rings. The Morgan fingerprint density at radius 2 is 1.89 bits per heavy atom. The molecule has 0 aromatic carbocycles. The molecule has 0 aromatic heterocycles. The van der Waals surface area contributed by atoms with Crippen LogP contribution in [0.2, 0.25) is 0 Å².